The lowest BCUT2D eigenvalue weighted by Gasteiger charge is -2.28. The number of carbonyl (C=O) groups excluding carboxylic acids is 1. The second kappa shape index (κ2) is 5.40. The van der Waals surface area contributed by atoms with Crippen LogP contribution in [0.5, 0.6) is 0 Å². The monoisotopic (exact) mass is 291 g/mol. The van der Waals surface area contributed by atoms with E-state index in [0.29, 0.717) is 10.6 Å². The highest BCUT2D eigenvalue weighted by Crippen LogP contribution is 2.34. The molecule has 0 saturated heterocycles. The van der Waals surface area contributed by atoms with Gasteiger partial charge in [-0.25, -0.2) is 4.98 Å². The van der Waals surface area contributed by atoms with Crippen molar-refractivity contribution >= 4 is 33.1 Å². The van der Waals surface area contributed by atoms with Crippen LogP contribution in [0.2, 0.25) is 0 Å². The van der Waals surface area contributed by atoms with Crippen molar-refractivity contribution in [3.8, 4) is 0 Å². The number of nitrogens with one attached hydrogen (secondary N) is 1. The quantitative estimate of drug-likeness (QED) is 0.906. The van der Waals surface area contributed by atoms with Crippen molar-refractivity contribution < 1.29 is 4.79 Å². The first-order chi connectivity index (χ1) is 9.41. The van der Waals surface area contributed by atoms with Crippen LogP contribution in [0.15, 0.2) is 12.3 Å². The number of anilines is 1. The molecule has 2 rings (SSSR count). The van der Waals surface area contributed by atoms with Gasteiger partial charge in [0.1, 0.15) is 9.71 Å². The molecule has 2 heterocycles. The van der Waals surface area contributed by atoms with E-state index in [4.69, 9.17) is 5.73 Å². The van der Waals surface area contributed by atoms with Crippen LogP contribution in [-0.4, -0.2) is 16.4 Å². The van der Waals surface area contributed by atoms with Gasteiger partial charge in [-0.1, -0.05) is 13.8 Å². The number of aryl methyl sites for hydroxylation is 1. The summed E-state index contributed by atoms with van der Waals surface area (Å²) >= 11 is 1.36. The highest BCUT2D eigenvalue weighted by atomic mass is 32.1. The molecule has 0 bridgehead atoms. The molecule has 0 saturated carbocycles. The van der Waals surface area contributed by atoms with Gasteiger partial charge in [0.2, 0.25) is 0 Å². The van der Waals surface area contributed by atoms with E-state index in [1.54, 1.807) is 6.20 Å². The summed E-state index contributed by atoms with van der Waals surface area (Å²) in [6, 6.07) is 1.91. The van der Waals surface area contributed by atoms with E-state index in [-0.39, 0.29) is 11.4 Å². The van der Waals surface area contributed by atoms with Gasteiger partial charge in [0.25, 0.3) is 5.91 Å². The molecule has 108 valence electrons. The molecule has 0 aliphatic carbocycles. The number of nitrogens with two attached hydrogens (primary N) is 1. The van der Waals surface area contributed by atoms with E-state index >= 15 is 0 Å². The van der Waals surface area contributed by atoms with E-state index in [9.17, 15) is 4.79 Å². The molecule has 4 nitrogen and oxygen atoms in total. The summed E-state index contributed by atoms with van der Waals surface area (Å²) in [5.41, 5.74) is 7.56. The number of pyridine rings is 1. The first-order valence-corrected chi connectivity index (χ1v) is 7.69. The predicted octanol–water partition coefficient (Wildman–Crippen LogP) is 3.50. The van der Waals surface area contributed by atoms with Gasteiger partial charge in [-0.15, -0.1) is 11.3 Å². The van der Waals surface area contributed by atoms with Crippen molar-refractivity contribution in [3.05, 3.63) is 22.7 Å². The average molecular weight is 291 g/mol. The number of hydrogen-bond acceptors (Lipinski definition) is 4. The van der Waals surface area contributed by atoms with Gasteiger partial charge in [-0.05, 0) is 38.3 Å². The van der Waals surface area contributed by atoms with Crippen molar-refractivity contribution in [1.29, 1.82) is 0 Å². The lowest BCUT2D eigenvalue weighted by atomic mass is 9.95. The number of amides is 1. The Morgan fingerprint density at radius 1 is 1.45 bits per heavy atom. The first kappa shape index (κ1) is 14.8. The third-order valence-corrected chi connectivity index (χ3v) is 5.13. The Bertz CT molecular complexity index is 644. The Morgan fingerprint density at radius 2 is 2.10 bits per heavy atom. The molecule has 3 N–H and O–H groups in total. The minimum absolute atomic E-state index is 0.101. The van der Waals surface area contributed by atoms with Crippen LogP contribution in [0.1, 0.15) is 48.8 Å². The molecule has 0 aromatic carbocycles. The molecule has 0 fully saturated rings. The number of hydrogen-bond donors (Lipinski definition) is 2. The SMILES string of the molecule is CCC(C)(CC)NC(=O)c1sc2nccc(C)c2c1N. The minimum atomic E-state index is -0.192. The standard InChI is InChI=1S/C15H21N3OS/c1-5-15(4,6-2)18-13(19)12-11(16)10-9(3)7-8-17-14(10)20-12/h7-8H,5-6,16H2,1-4H3,(H,18,19). The van der Waals surface area contributed by atoms with Crippen molar-refractivity contribution in [2.24, 2.45) is 0 Å². The minimum Gasteiger partial charge on any atom is -0.397 e. The third-order valence-electron chi connectivity index (χ3n) is 4.02. The number of thiophene rings is 1. The van der Waals surface area contributed by atoms with Gasteiger partial charge in [0.05, 0.1) is 5.69 Å². The summed E-state index contributed by atoms with van der Waals surface area (Å²) in [7, 11) is 0. The Labute approximate surface area is 123 Å². The molecule has 0 aliphatic heterocycles. The number of carbonyl (C=O) groups is 1. The predicted molar refractivity (Wildman–Crippen MR) is 85.2 cm³/mol. The highest BCUT2D eigenvalue weighted by Gasteiger charge is 2.25. The largest absolute Gasteiger partial charge is 0.397 e. The molecule has 2 aromatic rings. The van der Waals surface area contributed by atoms with Crippen molar-refractivity contribution in [3.63, 3.8) is 0 Å². The third kappa shape index (κ3) is 2.50. The van der Waals surface area contributed by atoms with Crippen LogP contribution in [-0.2, 0) is 0 Å². The Morgan fingerprint density at radius 3 is 2.65 bits per heavy atom. The number of aromatic nitrogens is 1. The van der Waals surface area contributed by atoms with Gasteiger partial charge >= 0.3 is 0 Å². The fourth-order valence-electron chi connectivity index (χ4n) is 2.13. The number of nitrogens with zero attached hydrogens (tertiary/aromatic N) is 1. The maximum Gasteiger partial charge on any atom is 0.263 e. The normalized spacial score (nSPS) is 11.8. The molecule has 5 heteroatoms. The molecular formula is C15H21N3OS. The van der Waals surface area contributed by atoms with Crippen molar-refractivity contribution in [1.82, 2.24) is 10.3 Å². The second-order valence-corrected chi connectivity index (χ2v) is 6.37. The van der Waals surface area contributed by atoms with E-state index < -0.39 is 0 Å². The highest BCUT2D eigenvalue weighted by molar-refractivity contribution is 7.21. The topological polar surface area (TPSA) is 68.0 Å². The van der Waals surface area contributed by atoms with Crippen LogP contribution >= 0.6 is 11.3 Å². The Kier molecular flexibility index (Phi) is 3.99. The molecule has 0 spiro atoms. The average Bonchev–Trinajstić information content (AvgIpc) is 2.77. The number of nitrogen functional groups attached to an aromatic ring is 1. The Hall–Kier alpha value is -1.62. The zero-order chi connectivity index (χ0) is 14.9. The molecule has 0 aliphatic rings. The van der Waals surface area contributed by atoms with Crippen LogP contribution in [0, 0.1) is 6.92 Å². The maximum absolute atomic E-state index is 12.5. The van der Waals surface area contributed by atoms with Gasteiger partial charge in [-0.3, -0.25) is 4.79 Å². The van der Waals surface area contributed by atoms with Gasteiger partial charge in [-0.2, -0.15) is 0 Å². The van der Waals surface area contributed by atoms with E-state index in [2.05, 4.69) is 31.1 Å². The Balaban J connectivity index is 2.41. The lowest BCUT2D eigenvalue weighted by molar-refractivity contribution is 0.0906. The lowest BCUT2D eigenvalue weighted by Crippen LogP contribution is -2.44. The molecule has 1 amide bonds. The van der Waals surface area contributed by atoms with Crippen LogP contribution in [0.25, 0.3) is 10.2 Å². The van der Waals surface area contributed by atoms with Gasteiger partial charge in [0.15, 0.2) is 0 Å². The second-order valence-electron chi connectivity index (χ2n) is 5.37. The van der Waals surface area contributed by atoms with E-state index in [1.807, 2.05) is 13.0 Å². The van der Waals surface area contributed by atoms with E-state index in [1.165, 1.54) is 11.3 Å². The van der Waals surface area contributed by atoms with Crippen LogP contribution in [0.3, 0.4) is 0 Å². The molecule has 2 aromatic heterocycles. The summed E-state index contributed by atoms with van der Waals surface area (Å²) in [4.78, 5) is 18.2. The molecular weight excluding hydrogens is 270 g/mol. The summed E-state index contributed by atoms with van der Waals surface area (Å²) in [5.74, 6) is -0.101. The van der Waals surface area contributed by atoms with Gasteiger partial charge in [0, 0.05) is 17.1 Å². The number of fused-ring (bicyclic) bond motifs is 1. The number of rotatable bonds is 4. The molecule has 0 unspecified atom stereocenters. The van der Waals surface area contributed by atoms with Crippen LogP contribution < -0.4 is 11.1 Å². The molecule has 0 atom stereocenters. The maximum atomic E-state index is 12.5. The molecule has 20 heavy (non-hydrogen) atoms. The van der Waals surface area contributed by atoms with Gasteiger partial charge < -0.3 is 11.1 Å². The van der Waals surface area contributed by atoms with Crippen molar-refractivity contribution in [2.75, 3.05) is 5.73 Å². The molecule has 0 radical (unpaired) electrons. The summed E-state index contributed by atoms with van der Waals surface area (Å²) in [5, 5.41) is 3.99. The summed E-state index contributed by atoms with van der Waals surface area (Å²) < 4.78 is 0. The zero-order valence-corrected chi connectivity index (χ0v) is 13.2. The van der Waals surface area contributed by atoms with Crippen LogP contribution in [0.4, 0.5) is 5.69 Å². The first-order valence-electron chi connectivity index (χ1n) is 6.88. The van der Waals surface area contributed by atoms with E-state index in [0.717, 1.165) is 28.6 Å². The summed E-state index contributed by atoms with van der Waals surface area (Å²) in [6.07, 6.45) is 3.52. The smallest absolute Gasteiger partial charge is 0.263 e. The van der Waals surface area contributed by atoms with Crippen molar-refractivity contribution in [2.45, 2.75) is 46.1 Å². The zero-order valence-electron chi connectivity index (χ0n) is 12.4. The fraction of sp³-hybridized carbons (Fsp3) is 0.467. The summed E-state index contributed by atoms with van der Waals surface area (Å²) in [6.45, 7) is 8.18. The fourth-order valence-corrected chi connectivity index (χ4v) is 3.17.